The number of aliphatic carboxylic acids is 1. The van der Waals surface area contributed by atoms with E-state index in [1.807, 2.05) is 38.1 Å². The highest BCUT2D eigenvalue weighted by atomic mass is 35.5. The van der Waals surface area contributed by atoms with Crippen LogP contribution in [0.15, 0.2) is 24.3 Å². The SMILES string of the molecule is CC(C)(CNC(=O)CC1(C(=O)O)CCC1)c1ccc(Cl)cc1. The third-order valence-electron chi connectivity index (χ3n) is 4.62. The number of carbonyl (C=O) groups excluding carboxylic acids is 1. The summed E-state index contributed by atoms with van der Waals surface area (Å²) < 4.78 is 0. The van der Waals surface area contributed by atoms with Crippen LogP contribution in [0.25, 0.3) is 0 Å². The monoisotopic (exact) mass is 323 g/mol. The van der Waals surface area contributed by atoms with E-state index in [1.54, 1.807) is 0 Å². The number of hydrogen-bond donors (Lipinski definition) is 2. The van der Waals surface area contributed by atoms with Gasteiger partial charge in [0.25, 0.3) is 0 Å². The average Bonchev–Trinajstić information content (AvgIpc) is 2.41. The van der Waals surface area contributed by atoms with Crippen LogP contribution in [0, 0.1) is 5.41 Å². The molecule has 2 rings (SSSR count). The van der Waals surface area contributed by atoms with Crippen molar-refractivity contribution >= 4 is 23.5 Å². The maximum Gasteiger partial charge on any atom is 0.310 e. The van der Waals surface area contributed by atoms with Crippen LogP contribution in [0.1, 0.15) is 45.1 Å². The van der Waals surface area contributed by atoms with E-state index in [1.165, 1.54) is 0 Å². The van der Waals surface area contributed by atoms with Crippen LogP contribution in [0.4, 0.5) is 0 Å². The third kappa shape index (κ3) is 3.61. The van der Waals surface area contributed by atoms with Crippen LogP contribution in [0.2, 0.25) is 5.02 Å². The van der Waals surface area contributed by atoms with Crippen molar-refractivity contribution in [3.63, 3.8) is 0 Å². The van der Waals surface area contributed by atoms with E-state index in [0.29, 0.717) is 24.4 Å². The predicted molar refractivity (Wildman–Crippen MR) is 86.0 cm³/mol. The highest BCUT2D eigenvalue weighted by Gasteiger charge is 2.45. The molecule has 0 aromatic heterocycles. The molecule has 5 heteroatoms. The maximum atomic E-state index is 12.1. The minimum Gasteiger partial charge on any atom is -0.481 e. The lowest BCUT2D eigenvalue weighted by Gasteiger charge is -2.37. The fraction of sp³-hybridized carbons (Fsp3) is 0.529. The van der Waals surface area contributed by atoms with Crippen LogP contribution < -0.4 is 5.32 Å². The quantitative estimate of drug-likeness (QED) is 0.843. The van der Waals surface area contributed by atoms with Gasteiger partial charge in [0.1, 0.15) is 0 Å². The molecule has 0 heterocycles. The zero-order chi connectivity index (χ0) is 16.4. The minimum absolute atomic E-state index is 0.0685. The number of carbonyl (C=O) groups is 2. The summed E-state index contributed by atoms with van der Waals surface area (Å²) in [5.41, 5.74) is -0.00104. The van der Waals surface area contributed by atoms with Gasteiger partial charge in [-0.2, -0.15) is 0 Å². The highest BCUT2D eigenvalue weighted by Crippen LogP contribution is 2.44. The maximum absolute atomic E-state index is 12.1. The molecule has 0 bridgehead atoms. The highest BCUT2D eigenvalue weighted by molar-refractivity contribution is 6.30. The Morgan fingerprint density at radius 1 is 1.27 bits per heavy atom. The first kappa shape index (κ1) is 16.8. The Labute approximate surface area is 135 Å². The Balaban J connectivity index is 1.92. The smallest absolute Gasteiger partial charge is 0.310 e. The second-order valence-corrected chi connectivity index (χ2v) is 7.22. The van der Waals surface area contributed by atoms with Gasteiger partial charge in [-0.15, -0.1) is 0 Å². The lowest BCUT2D eigenvalue weighted by atomic mass is 9.66. The van der Waals surface area contributed by atoms with Gasteiger partial charge in [0.2, 0.25) is 5.91 Å². The molecule has 1 fully saturated rings. The average molecular weight is 324 g/mol. The lowest BCUT2D eigenvalue weighted by Crippen LogP contribution is -2.44. The topological polar surface area (TPSA) is 66.4 Å². The molecule has 1 aliphatic carbocycles. The summed E-state index contributed by atoms with van der Waals surface area (Å²) in [5, 5.41) is 12.8. The van der Waals surface area contributed by atoms with Crippen LogP contribution in [-0.2, 0) is 15.0 Å². The lowest BCUT2D eigenvalue weighted by molar-refractivity contribution is -0.157. The number of carboxylic acid groups (broad SMARTS) is 1. The van der Waals surface area contributed by atoms with Gasteiger partial charge in [-0.3, -0.25) is 9.59 Å². The molecule has 1 aliphatic rings. The van der Waals surface area contributed by atoms with E-state index >= 15 is 0 Å². The Morgan fingerprint density at radius 2 is 1.86 bits per heavy atom. The van der Waals surface area contributed by atoms with Gasteiger partial charge in [-0.25, -0.2) is 0 Å². The van der Waals surface area contributed by atoms with Gasteiger partial charge in [0.15, 0.2) is 0 Å². The summed E-state index contributed by atoms with van der Waals surface area (Å²) >= 11 is 5.89. The second-order valence-electron chi connectivity index (χ2n) is 6.78. The molecule has 4 nitrogen and oxygen atoms in total. The summed E-state index contributed by atoms with van der Waals surface area (Å²) in [6.45, 7) is 4.53. The van der Waals surface area contributed by atoms with Crippen LogP contribution in [0.5, 0.6) is 0 Å². The van der Waals surface area contributed by atoms with Crippen molar-refractivity contribution in [3.05, 3.63) is 34.9 Å². The number of nitrogens with one attached hydrogen (secondary N) is 1. The van der Waals surface area contributed by atoms with Crippen molar-refractivity contribution in [2.24, 2.45) is 5.41 Å². The fourth-order valence-corrected chi connectivity index (χ4v) is 2.89. The number of amides is 1. The van der Waals surface area contributed by atoms with Gasteiger partial charge in [0.05, 0.1) is 5.41 Å². The van der Waals surface area contributed by atoms with Crippen molar-refractivity contribution in [2.45, 2.75) is 44.9 Å². The van der Waals surface area contributed by atoms with Crippen LogP contribution in [0.3, 0.4) is 0 Å². The largest absolute Gasteiger partial charge is 0.481 e. The Morgan fingerprint density at radius 3 is 2.32 bits per heavy atom. The first-order chi connectivity index (χ1) is 10.3. The molecule has 2 N–H and O–H groups in total. The Hall–Kier alpha value is -1.55. The molecule has 1 saturated carbocycles. The van der Waals surface area contributed by atoms with Crippen LogP contribution >= 0.6 is 11.6 Å². The molecule has 0 spiro atoms. The van der Waals surface area contributed by atoms with E-state index in [2.05, 4.69) is 5.32 Å². The van der Waals surface area contributed by atoms with Gasteiger partial charge in [-0.1, -0.05) is 44.0 Å². The number of rotatable bonds is 6. The molecule has 0 saturated heterocycles. The van der Waals surface area contributed by atoms with Crippen molar-refractivity contribution in [2.75, 3.05) is 6.54 Å². The predicted octanol–water partition coefficient (Wildman–Crippen LogP) is 3.38. The molecule has 1 aromatic carbocycles. The summed E-state index contributed by atoms with van der Waals surface area (Å²) in [5.74, 6) is -1.05. The summed E-state index contributed by atoms with van der Waals surface area (Å²) in [7, 11) is 0. The molecular formula is C17H22ClNO3. The van der Waals surface area contributed by atoms with Gasteiger partial charge in [0, 0.05) is 23.4 Å². The van der Waals surface area contributed by atoms with E-state index in [9.17, 15) is 14.7 Å². The van der Waals surface area contributed by atoms with Crippen molar-refractivity contribution in [3.8, 4) is 0 Å². The molecule has 120 valence electrons. The Bertz CT molecular complexity index is 562. The first-order valence-electron chi connectivity index (χ1n) is 7.51. The second kappa shape index (κ2) is 6.29. The first-order valence-corrected chi connectivity index (χ1v) is 7.89. The molecule has 0 radical (unpaired) electrons. The zero-order valence-corrected chi connectivity index (χ0v) is 13.7. The molecule has 22 heavy (non-hydrogen) atoms. The van der Waals surface area contributed by atoms with Crippen LogP contribution in [-0.4, -0.2) is 23.5 Å². The normalized spacial score (nSPS) is 16.7. The summed E-state index contributed by atoms with van der Waals surface area (Å²) in [6.07, 6.45) is 2.14. The molecule has 0 aliphatic heterocycles. The summed E-state index contributed by atoms with van der Waals surface area (Å²) in [6, 6.07) is 7.54. The molecule has 0 atom stereocenters. The van der Waals surface area contributed by atoms with E-state index in [0.717, 1.165) is 12.0 Å². The van der Waals surface area contributed by atoms with E-state index in [4.69, 9.17) is 11.6 Å². The van der Waals surface area contributed by atoms with Crippen molar-refractivity contribution in [1.82, 2.24) is 5.32 Å². The summed E-state index contributed by atoms with van der Waals surface area (Å²) in [4.78, 5) is 23.4. The van der Waals surface area contributed by atoms with Gasteiger partial charge < -0.3 is 10.4 Å². The standard InChI is InChI=1S/C17H22ClNO3/c1-16(2,12-4-6-13(18)7-5-12)11-19-14(20)10-17(15(21)22)8-3-9-17/h4-7H,3,8-11H2,1-2H3,(H,19,20)(H,21,22). The molecule has 1 aromatic rings. The third-order valence-corrected chi connectivity index (χ3v) is 4.87. The molecule has 0 unspecified atom stereocenters. The minimum atomic E-state index is -0.856. The van der Waals surface area contributed by atoms with Crippen molar-refractivity contribution < 1.29 is 14.7 Å². The van der Waals surface area contributed by atoms with E-state index in [-0.39, 0.29) is 17.7 Å². The molecular weight excluding hydrogens is 302 g/mol. The number of benzene rings is 1. The zero-order valence-electron chi connectivity index (χ0n) is 13.0. The number of halogens is 1. The van der Waals surface area contributed by atoms with Crippen molar-refractivity contribution in [1.29, 1.82) is 0 Å². The Kier molecular flexibility index (Phi) is 4.81. The van der Waals surface area contributed by atoms with Gasteiger partial charge in [-0.05, 0) is 30.5 Å². The van der Waals surface area contributed by atoms with Gasteiger partial charge >= 0.3 is 5.97 Å². The molecule has 1 amide bonds. The fourth-order valence-electron chi connectivity index (χ4n) is 2.76. The van der Waals surface area contributed by atoms with E-state index < -0.39 is 11.4 Å². The number of hydrogen-bond acceptors (Lipinski definition) is 2. The number of carboxylic acids is 1.